The Hall–Kier alpha value is -0.900. The molecule has 0 aromatic carbocycles. The third-order valence-electron chi connectivity index (χ3n) is 1.96. The first-order chi connectivity index (χ1) is 6.73. The van der Waals surface area contributed by atoms with Gasteiger partial charge in [-0.15, -0.1) is 11.3 Å². The van der Waals surface area contributed by atoms with Crippen LogP contribution in [-0.4, -0.2) is 16.6 Å². The van der Waals surface area contributed by atoms with Gasteiger partial charge in [0.2, 0.25) is 0 Å². The van der Waals surface area contributed by atoms with E-state index in [2.05, 4.69) is 4.98 Å². The van der Waals surface area contributed by atoms with Crippen LogP contribution in [0, 0.1) is 0 Å². The van der Waals surface area contributed by atoms with Crippen molar-refractivity contribution in [2.75, 3.05) is 0 Å². The summed E-state index contributed by atoms with van der Waals surface area (Å²) in [7, 11) is 0. The van der Waals surface area contributed by atoms with Crippen molar-refractivity contribution in [1.82, 2.24) is 4.98 Å². The van der Waals surface area contributed by atoms with E-state index in [0.29, 0.717) is 0 Å². The van der Waals surface area contributed by atoms with Crippen LogP contribution in [0.25, 0.3) is 0 Å². The Morgan fingerprint density at radius 3 is 2.33 bits per heavy atom. The minimum Gasteiger partial charge on any atom is -0.459 e. The second-order valence-electron chi connectivity index (χ2n) is 4.99. The Balaban J connectivity index is 2.83. The lowest BCUT2D eigenvalue weighted by molar-refractivity contribution is -0.160. The molecule has 0 spiro atoms. The summed E-state index contributed by atoms with van der Waals surface area (Å²) >= 11 is 1.47. The topological polar surface area (TPSA) is 39.2 Å². The van der Waals surface area contributed by atoms with Crippen LogP contribution < -0.4 is 0 Å². The first kappa shape index (κ1) is 12.2. The fourth-order valence-corrected chi connectivity index (χ4v) is 1.77. The largest absolute Gasteiger partial charge is 0.459 e. The number of hydrogen-bond acceptors (Lipinski definition) is 4. The molecule has 1 rings (SSSR count). The number of nitrogens with zero attached hydrogens (tertiary/aromatic N) is 1. The van der Waals surface area contributed by atoms with E-state index in [-0.39, 0.29) is 5.97 Å². The Kier molecular flexibility index (Phi) is 3.19. The fourth-order valence-electron chi connectivity index (χ4n) is 1.03. The monoisotopic (exact) mass is 227 g/mol. The molecular weight excluding hydrogens is 210 g/mol. The molecule has 0 aliphatic heterocycles. The van der Waals surface area contributed by atoms with Gasteiger partial charge in [0, 0.05) is 11.1 Å². The van der Waals surface area contributed by atoms with E-state index < -0.39 is 11.0 Å². The van der Waals surface area contributed by atoms with Gasteiger partial charge in [0.25, 0.3) is 0 Å². The lowest BCUT2D eigenvalue weighted by Gasteiger charge is -2.27. The maximum Gasteiger partial charge on any atom is 0.317 e. The highest BCUT2D eigenvalue weighted by molar-refractivity contribution is 7.09. The summed E-state index contributed by atoms with van der Waals surface area (Å²) in [5, 5.41) is 0. The molecule has 0 saturated heterocycles. The molecule has 0 N–H and O–H groups in total. The maximum absolute atomic E-state index is 11.9. The first-order valence-electron chi connectivity index (χ1n) is 4.86. The molecule has 0 unspecified atom stereocenters. The Morgan fingerprint density at radius 1 is 1.33 bits per heavy atom. The molecule has 84 valence electrons. The van der Waals surface area contributed by atoms with E-state index in [1.807, 2.05) is 34.6 Å². The fraction of sp³-hybridized carbons (Fsp3) is 0.636. The van der Waals surface area contributed by atoms with Crippen LogP contribution in [0.5, 0.6) is 0 Å². The summed E-state index contributed by atoms with van der Waals surface area (Å²) in [6.45, 7) is 9.32. The lowest BCUT2D eigenvalue weighted by atomic mass is 9.92. The summed E-state index contributed by atoms with van der Waals surface area (Å²) in [6.07, 6.45) is 1.72. The van der Waals surface area contributed by atoms with Crippen molar-refractivity contribution in [2.24, 2.45) is 0 Å². The molecule has 1 heterocycles. The number of esters is 1. The molecule has 0 saturated carbocycles. The molecule has 1 aromatic heterocycles. The number of carbonyl (C=O) groups is 1. The van der Waals surface area contributed by atoms with Gasteiger partial charge in [-0.1, -0.05) is 0 Å². The van der Waals surface area contributed by atoms with E-state index in [9.17, 15) is 4.79 Å². The van der Waals surface area contributed by atoms with Gasteiger partial charge in [-0.25, -0.2) is 0 Å². The van der Waals surface area contributed by atoms with Gasteiger partial charge in [0.1, 0.15) is 5.60 Å². The van der Waals surface area contributed by atoms with Crippen molar-refractivity contribution >= 4 is 17.3 Å². The predicted octanol–water partition coefficient (Wildman–Crippen LogP) is 2.76. The van der Waals surface area contributed by atoms with Crippen molar-refractivity contribution in [3.63, 3.8) is 0 Å². The summed E-state index contributed by atoms with van der Waals surface area (Å²) in [5.41, 5.74) is 0.662. The van der Waals surface area contributed by atoms with Crippen molar-refractivity contribution in [3.05, 3.63) is 16.6 Å². The normalized spacial score (nSPS) is 12.6. The molecule has 0 fully saturated rings. The van der Waals surface area contributed by atoms with Crippen molar-refractivity contribution in [3.8, 4) is 0 Å². The standard InChI is InChI=1S/C11H17NO2S/c1-10(2,3)14-9(13)11(4,5)8-6-12-7-15-8/h6-7H,1-5H3. The van der Waals surface area contributed by atoms with Gasteiger partial charge >= 0.3 is 5.97 Å². The van der Waals surface area contributed by atoms with E-state index in [1.165, 1.54) is 11.3 Å². The van der Waals surface area contributed by atoms with E-state index >= 15 is 0 Å². The molecule has 1 aromatic rings. The zero-order valence-electron chi connectivity index (χ0n) is 9.83. The highest BCUT2D eigenvalue weighted by atomic mass is 32.1. The molecule has 4 heteroatoms. The van der Waals surface area contributed by atoms with Crippen LogP contribution in [0.2, 0.25) is 0 Å². The van der Waals surface area contributed by atoms with Gasteiger partial charge in [0.05, 0.1) is 10.9 Å². The average Bonchev–Trinajstić information content (AvgIpc) is 2.52. The van der Waals surface area contributed by atoms with Gasteiger partial charge in [-0.2, -0.15) is 0 Å². The number of hydrogen-bond donors (Lipinski definition) is 0. The average molecular weight is 227 g/mol. The zero-order valence-corrected chi connectivity index (χ0v) is 10.6. The quantitative estimate of drug-likeness (QED) is 0.729. The molecule has 0 aliphatic rings. The van der Waals surface area contributed by atoms with Crippen LogP contribution in [0.1, 0.15) is 39.5 Å². The number of carbonyl (C=O) groups excluding carboxylic acids is 1. The Morgan fingerprint density at radius 2 is 1.93 bits per heavy atom. The molecule has 3 nitrogen and oxygen atoms in total. The zero-order chi connectivity index (χ0) is 11.7. The van der Waals surface area contributed by atoms with E-state index in [1.54, 1.807) is 11.7 Å². The molecule has 0 amide bonds. The second kappa shape index (κ2) is 3.93. The van der Waals surface area contributed by atoms with Crippen LogP contribution in [0.15, 0.2) is 11.7 Å². The van der Waals surface area contributed by atoms with Gasteiger partial charge in [-0.3, -0.25) is 9.78 Å². The summed E-state index contributed by atoms with van der Waals surface area (Å²) < 4.78 is 5.37. The van der Waals surface area contributed by atoms with Crippen molar-refractivity contribution < 1.29 is 9.53 Å². The van der Waals surface area contributed by atoms with Crippen molar-refractivity contribution in [1.29, 1.82) is 0 Å². The Bertz CT molecular complexity index is 336. The van der Waals surface area contributed by atoms with Crippen LogP contribution in [0.4, 0.5) is 0 Å². The number of rotatable bonds is 2. The minimum atomic E-state index is -0.617. The van der Waals surface area contributed by atoms with Crippen molar-refractivity contribution in [2.45, 2.75) is 45.6 Å². The number of thiazole rings is 1. The maximum atomic E-state index is 11.9. The first-order valence-corrected chi connectivity index (χ1v) is 5.74. The Labute approximate surface area is 94.5 Å². The smallest absolute Gasteiger partial charge is 0.317 e. The van der Waals surface area contributed by atoms with E-state index in [0.717, 1.165) is 4.88 Å². The van der Waals surface area contributed by atoms with Crippen LogP contribution in [-0.2, 0) is 14.9 Å². The predicted molar refractivity (Wildman–Crippen MR) is 61.0 cm³/mol. The summed E-state index contributed by atoms with van der Waals surface area (Å²) in [4.78, 5) is 16.8. The third kappa shape index (κ3) is 3.02. The second-order valence-corrected chi connectivity index (χ2v) is 5.88. The van der Waals surface area contributed by atoms with E-state index in [4.69, 9.17) is 4.74 Å². The molecule has 15 heavy (non-hydrogen) atoms. The third-order valence-corrected chi connectivity index (χ3v) is 3.05. The molecule has 0 atom stereocenters. The minimum absolute atomic E-state index is 0.209. The van der Waals surface area contributed by atoms with Gasteiger partial charge in [-0.05, 0) is 34.6 Å². The molecule has 0 bridgehead atoms. The summed E-state index contributed by atoms with van der Waals surface area (Å²) in [6, 6.07) is 0. The SMILES string of the molecule is CC(C)(C)OC(=O)C(C)(C)c1cncs1. The molecule has 0 aliphatic carbocycles. The molecular formula is C11H17NO2S. The highest BCUT2D eigenvalue weighted by Gasteiger charge is 2.35. The number of aromatic nitrogens is 1. The van der Waals surface area contributed by atoms with Gasteiger partial charge < -0.3 is 4.74 Å². The number of ether oxygens (including phenoxy) is 1. The summed E-state index contributed by atoms with van der Waals surface area (Å²) in [5.74, 6) is -0.209. The highest BCUT2D eigenvalue weighted by Crippen LogP contribution is 2.29. The lowest BCUT2D eigenvalue weighted by Crippen LogP contribution is -2.36. The van der Waals surface area contributed by atoms with Crippen LogP contribution >= 0.6 is 11.3 Å². The molecule has 0 radical (unpaired) electrons. The van der Waals surface area contributed by atoms with Crippen LogP contribution in [0.3, 0.4) is 0 Å². The van der Waals surface area contributed by atoms with Gasteiger partial charge in [0.15, 0.2) is 0 Å².